The molecule has 0 fully saturated rings. The molecule has 0 saturated heterocycles. The van der Waals surface area contributed by atoms with Crippen LogP contribution in [0.5, 0.6) is 11.5 Å². The van der Waals surface area contributed by atoms with E-state index in [1.165, 1.54) is 7.11 Å². The van der Waals surface area contributed by atoms with Gasteiger partial charge in [0.2, 0.25) is 0 Å². The van der Waals surface area contributed by atoms with Gasteiger partial charge in [0.1, 0.15) is 11.5 Å². The first-order valence-electron chi connectivity index (χ1n) is 8.08. The van der Waals surface area contributed by atoms with Gasteiger partial charge in [-0.15, -0.1) is 0 Å². The number of pyridine rings is 1. The lowest BCUT2D eigenvalue weighted by Gasteiger charge is -2.10. The van der Waals surface area contributed by atoms with Gasteiger partial charge in [-0.1, -0.05) is 0 Å². The summed E-state index contributed by atoms with van der Waals surface area (Å²) in [6, 6.07) is 9.33. The highest BCUT2D eigenvalue weighted by molar-refractivity contribution is 5.96. The summed E-state index contributed by atoms with van der Waals surface area (Å²) < 4.78 is 10.4. The molecule has 0 spiro atoms. The highest BCUT2D eigenvalue weighted by atomic mass is 16.5. The molecule has 2 aromatic heterocycles. The van der Waals surface area contributed by atoms with Crippen LogP contribution in [0.25, 0.3) is 11.3 Å². The smallest absolute Gasteiger partial charge is 0.255 e. The molecule has 3 rings (SSSR count). The van der Waals surface area contributed by atoms with E-state index < -0.39 is 0 Å². The third kappa shape index (κ3) is 3.66. The molecule has 134 valence electrons. The Labute approximate surface area is 151 Å². The number of carbonyl (C=O) groups excluding carboxylic acids is 1. The number of amides is 1. The second-order valence-electron chi connectivity index (χ2n) is 5.71. The van der Waals surface area contributed by atoms with Gasteiger partial charge >= 0.3 is 0 Å². The molecule has 1 amide bonds. The topological polar surface area (TPSA) is 89.1 Å². The number of ether oxygens (including phenoxy) is 2. The fourth-order valence-corrected chi connectivity index (χ4v) is 2.61. The van der Waals surface area contributed by atoms with Crippen molar-refractivity contribution in [2.24, 2.45) is 0 Å². The van der Waals surface area contributed by atoms with Gasteiger partial charge in [-0.3, -0.25) is 14.9 Å². The van der Waals surface area contributed by atoms with E-state index >= 15 is 0 Å². The van der Waals surface area contributed by atoms with Gasteiger partial charge in [-0.2, -0.15) is 5.10 Å². The summed E-state index contributed by atoms with van der Waals surface area (Å²) >= 11 is 0. The zero-order valence-corrected chi connectivity index (χ0v) is 14.9. The van der Waals surface area contributed by atoms with Crippen LogP contribution in [0.15, 0.2) is 42.7 Å². The minimum atomic E-state index is -0.228. The Kier molecular flexibility index (Phi) is 5.17. The molecule has 0 atom stereocenters. The number of aromatic amines is 1. The molecule has 7 heteroatoms. The van der Waals surface area contributed by atoms with E-state index in [0.717, 1.165) is 28.3 Å². The number of nitrogens with one attached hydrogen (secondary N) is 2. The zero-order valence-electron chi connectivity index (χ0n) is 14.9. The van der Waals surface area contributed by atoms with Crippen LogP contribution in [0.3, 0.4) is 0 Å². The molecule has 7 nitrogen and oxygen atoms in total. The molecule has 0 bridgehead atoms. The molecular formula is C19H20N4O3. The Morgan fingerprint density at radius 1 is 1.15 bits per heavy atom. The number of nitrogens with zero attached hydrogens (tertiary/aromatic N) is 2. The minimum absolute atomic E-state index is 0.228. The van der Waals surface area contributed by atoms with Crippen LogP contribution in [0.2, 0.25) is 0 Å². The highest BCUT2D eigenvalue weighted by Crippen LogP contribution is 2.24. The standard InChI is InChI=1S/C19H20N4O3/c1-12-8-16(17(26-3)11-20-12)19(24)21-9-14-10-22-23-18(14)13-4-6-15(25-2)7-5-13/h4-8,10-11H,9H2,1-3H3,(H,21,24)(H,22,23). The maximum Gasteiger partial charge on any atom is 0.255 e. The molecule has 3 aromatic rings. The summed E-state index contributed by atoms with van der Waals surface area (Å²) in [7, 11) is 3.14. The van der Waals surface area contributed by atoms with Gasteiger partial charge in [0.05, 0.1) is 37.9 Å². The van der Waals surface area contributed by atoms with Crippen molar-refractivity contribution >= 4 is 5.91 Å². The second-order valence-corrected chi connectivity index (χ2v) is 5.71. The molecule has 0 radical (unpaired) electrons. The monoisotopic (exact) mass is 352 g/mol. The van der Waals surface area contributed by atoms with Crippen molar-refractivity contribution in [3.63, 3.8) is 0 Å². The van der Waals surface area contributed by atoms with Crippen molar-refractivity contribution in [3.05, 3.63) is 59.5 Å². The Hall–Kier alpha value is -3.35. The predicted molar refractivity (Wildman–Crippen MR) is 97.3 cm³/mol. The number of aromatic nitrogens is 3. The first-order chi connectivity index (χ1) is 12.6. The fourth-order valence-electron chi connectivity index (χ4n) is 2.61. The van der Waals surface area contributed by atoms with Gasteiger partial charge in [-0.25, -0.2) is 0 Å². The SMILES string of the molecule is COc1ccc(-c2[nH]ncc2CNC(=O)c2cc(C)ncc2OC)cc1. The molecule has 0 aliphatic rings. The van der Waals surface area contributed by atoms with E-state index in [2.05, 4.69) is 20.5 Å². The van der Waals surface area contributed by atoms with Gasteiger partial charge in [-0.05, 0) is 37.3 Å². The fraction of sp³-hybridized carbons (Fsp3) is 0.211. The summed E-state index contributed by atoms with van der Waals surface area (Å²) in [5, 5.41) is 9.98. The van der Waals surface area contributed by atoms with Crippen LogP contribution in [0, 0.1) is 6.92 Å². The van der Waals surface area contributed by atoms with E-state index in [1.54, 1.807) is 25.6 Å². The van der Waals surface area contributed by atoms with Gasteiger partial charge in [0, 0.05) is 23.4 Å². The maximum absolute atomic E-state index is 12.5. The third-order valence-corrected chi connectivity index (χ3v) is 4.00. The maximum atomic E-state index is 12.5. The Balaban J connectivity index is 1.76. The van der Waals surface area contributed by atoms with E-state index in [1.807, 2.05) is 31.2 Å². The molecule has 0 unspecified atom stereocenters. The Morgan fingerprint density at radius 2 is 1.92 bits per heavy atom. The average Bonchev–Trinajstić information content (AvgIpc) is 3.14. The van der Waals surface area contributed by atoms with E-state index in [4.69, 9.17) is 9.47 Å². The predicted octanol–water partition coefficient (Wildman–Crippen LogP) is 2.73. The number of aryl methyl sites for hydroxylation is 1. The summed E-state index contributed by atoms with van der Waals surface area (Å²) in [5.41, 5.74) is 3.90. The van der Waals surface area contributed by atoms with E-state index in [-0.39, 0.29) is 5.91 Å². The number of hydrogen-bond acceptors (Lipinski definition) is 5. The molecule has 0 aliphatic carbocycles. The average molecular weight is 352 g/mol. The second kappa shape index (κ2) is 7.69. The van der Waals surface area contributed by atoms with Crippen molar-refractivity contribution in [2.45, 2.75) is 13.5 Å². The van der Waals surface area contributed by atoms with Crippen LogP contribution in [0.1, 0.15) is 21.6 Å². The largest absolute Gasteiger partial charge is 0.497 e. The van der Waals surface area contributed by atoms with Crippen LogP contribution in [0.4, 0.5) is 0 Å². The van der Waals surface area contributed by atoms with E-state index in [9.17, 15) is 4.79 Å². The highest BCUT2D eigenvalue weighted by Gasteiger charge is 2.15. The molecule has 26 heavy (non-hydrogen) atoms. The number of hydrogen-bond donors (Lipinski definition) is 2. The third-order valence-electron chi connectivity index (χ3n) is 4.00. The number of benzene rings is 1. The minimum Gasteiger partial charge on any atom is -0.497 e. The first kappa shape index (κ1) is 17.5. The van der Waals surface area contributed by atoms with Crippen molar-refractivity contribution in [1.29, 1.82) is 0 Å². The lowest BCUT2D eigenvalue weighted by molar-refractivity contribution is 0.0947. The lowest BCUT2D eigenvalue weighted by Crippen LogP contribution is -2.23. The molecule has 0 aliphatic heterocycles. The summed E-state index contributed by atoms with van der Waals surface area (Å²) in [4.78, 5) is 16.7. The number of methoxy groups -OCH3 is 2. The number of H-pyrrole nitrogens is 1. The Morgan fingerprint density at radius 3 is 2.62 bits per heavy atom. The van der Waals surface area contributed by atoms with Crippen LogP contribution >= 0.6 is 0 Å². The molecule has 2 heterocycles. The van der Waals surface area contributed by atoms with Crippen molar-refractivity contribution in [1.82, 2.24) is 20.5 Å². The van der Waals surface area contributed by atoms with Gasteiger partial charge in [0.25, 0.3) is 5.91 Å². The molecular weight excluding hydrogens is 332 g/mol. The van der Waals surface area contributed by atoms with Crippen molar-refractivity contribution in [2.75, 3.05) is 14.2 Å². The molecule has 2 N–H and O–H groups in total. The summed E-state index contributed by atoms with van der Waals surface area (Å²) in [6.45, 7) is 2.16. The summed E-state index contributed by atoms with van der Waals surface area (Å²) in [6.07, 6.45) is 3.25. The van der Waals surface area contributed by atoms with E-state index in [0.29, 0.717) is 17.9 Å². The molecule has 0 saturated carbocycles. The lowest BCUT2D eigenvalue weighted by atomic mass is 10.1. The Bertz CT molecular complexity index is 903. The number of carbonyl (C=O) groups is 1. The van der Waals surface area contributed by atoms with Crippen LogP contribution < -0.4 is 14.8 Å². The quantitative estimate of drug-likeness (QED) is 0.712. The van der Waals surface area contributed by atoms with Crippen molar-refractivity contribution < 1.29 is 14.3 Å². The van der Waals surface area contributed by atoms with Gasteiger partial charge in [0.15, 0.2) is 0 Å². The normalized spacial score (nSPS) is 10.4. The zero-order chi connectivity index (χ0) is 18.5. The van der Waals surface area contributed by atoms with Gasteiger partial charge < -0.3 is 14.8 Å². The van der Waals surface area contributed by atoms with Crippen LogP contribution in [-0.2, 0) is 6.54 Å². The van der Waals surface area contributed by atoms with Crippen LogP contribution in [-0.4, -0.2) is 35.3 Å². The number of rotatable bonds is 6. The van der Waals surface area contributed by atoms with Crippen molar-refractivity contribution in [3.8, 4) is 22.8 Å². The summed E-state index contributed by atoms with van der Waals surface area (Å²) in [5.74, 6) is 0.994. The molecule has 1 aromatic carbocycles. The first-order valence-corrected chi connectivity index (χ1v) is 8.08.